The van der Waals surface area contributed by atoms with E-state index in [-0.39, 0.29) is 11.7 Å². The molecule has 1 atom stereocenters. The Labute approximate surface area is 81.2 Å². The van der Waals surface area contributed by atoms with Gasteiger partial charge in [0.15, 0.2) is 0 Å². The predicted octanol–water partition coefficient (Wildman–Crippen LogP) is 1.53. The number of hydrogen-bond acceptors (Lipinski definition) is 2. The van der Waals surface area contributed by atoms with Crippen LogP contribution in [0.3, 0.4) is 0 Å². The van der Waals surface area contributed by atoms with Crippen molar-refractivity contribution in [2.45, 2.75) is 13.0 Å². The molecule has 0 saturated heterocycles. The minimum Gasteiger partial charge on any atom is -0.337 e. The Morgan fingerprint density at radius 3 is 2.50 bits per heavy atom. The van der Waals surface area contributed by atoms with Gasteiger partial charge in [0.05, 0.1) is 6.07 Å². The van der Waals surface area contributed by atoms with Gasteiger partial charge in [-0.2, -0.15) is 5.26 Å². The number of carbonyl (C=O) groups is 1. The van der Waals surface area contributed by atoms with Gasteiger partial charge in [-0.3, -0.25) is 4.79 Å². The fourth-order valence-corrected chi connectivity index (χ4v) is 1.05. The Morgan fingerprint density at radius 2 is 2.07 bits per heavy atom. The van der Waals surface area contributed by atoms with E-state index in [1.54, 1.807) is 0 Å². The monoisotopic (exact) mass is 192 g/mol. The normalized spacial score (nSPS) is 11.5. The summed E-state index contributed by atoms with van der Waals surface area (Å²) in [7, 11) is 0. The Hall–Kier alpha value is -1.89. The molecule has 72 valence electrons. The van der Waals surface area contributed by atoms with Crippen LogP contribution in [0.4, 0.5) is 4.39 Å². The summed E-state index contributed by atoms with van der Waals surface area (Å²) < 4.78 is 12.5. The number of carbonyl (C=O) groups excluding carboxylic acids is 1. The average Bonchev–Trinajstić information content (AvgIpc) is 2.15. The maximum absolute atomic E-state index is 12.5. The molecule has 3 nitrogen and oxygen atoms in total. The second-order valence-corrected chi connectivity index (χ2v) is 2.81. The van der Waals surface area contributed by atoms with Gasteiger partial charge in [-0.15, -0.1) is 0 Å². The molecule has 0 aliphatic carbocycles. The van der Waals surface area contributed by atoms with Crippen molar-refractivity contribution in [3.05, 3.63) is 35.6 Å². The number of benzene rings is 1. The molecule has 0 spiro atoms. The van der Waals surface area contributed by atoms with Crippen LogP contribution < -0.4 is 5.32 Å². The van der Waals surface area contributed by atoms with Crippen molar-refractivity contribution >= 4 is 5.91 Å². The topological polar surface area (TPSA) is 52.9 Å². The molecule has 0 fully saturated rings. The zero-order valence-corrected chi connectivity index (χ0v) is 7.62. The summed E-state index contributed by atoms with van der Waals surface area (Å²) in [5, 5.41) is 11.2. The van der Waals surface area contributed by atoms with Crippen LogP contribution in [0.1, 0.15) is 18.5 Å². The van der Waals surface area contributed by atoms with Crippen LogP contribution >= 0.6 is 0 Å². The molecule has 1 N–H and O–H groups in total. The van der Waals surface area contributed by atoms with E-state index < -0.39 is 6.04 Å². The third kappa shape index (κ3) is 2.56. The molecule has 0 saturated carbocycles. The lowest BCUT2D eigenvalue weighted by molar-refractivity contribution is -0.119. The van der Waals surface area contributed by atoms with Gasteiger partial charge in [0.1, 0.15) is 11.9 Å². The quantitative estimate of drug-likeness (QED) is 0.772. The van der Waals surface area contributed by atoms with E-state index in [0.717, 1.165) is 0 Å². The largest absolute Gasteiger partial charge is 0.337 e. The lowest BCUT2D eigenvalue weighted by Crippen LogP contribution is -2.24. The fraction of sp³-hybridized carbons (Fsp3) is 0.200. The summed E-state index contributed by atoms with van der Waals surface area (Å²) in [6.45, 7) is 1.33. The van der Waals surface area contributed by atoms with Gasteiger partial charge in [-0.25, -0.2) is 4.39 Å². The lowest BCUT2D eigenvalue weighted by atomic mass is 10.1. The predicted molar refractivity (Wildman–Crippen MR) is 48.6 cm³/mol. The molecular weight excluding hydrogens is 183 g/mol. The van der Waals surface area contributed by atoms with Crippen molar-refractivity contribution in [2.24, 2.45) is 0 Å². The Balaban J connectivity index is 2.85. The van der Waals surface area contributed by atoms with Crippen molar-refractivity contribution in [1.29, 1.82) is 5.26 Å². The van der Waals surface area contributed by atoms with E-state index in [9.17, 15) is 9.18 Å². The zero-order chi connectivity index (χ0) is 10.6. The van der Waals surface area contributed by atoms with Gasteiger partial charge in [0.2, 0.25) is 5.91 Å². The molecule has 0 bridgehead atoms. The second kappa shape index (κ2) is 4.38. The number of halogens is 1. The highest BCUT2D eigenvalue weighted by molar-refractivity contribution is 5.73. The summed E-state index contributed by atoms with van der Waals surface area (Å²) in [6, 6.07) is 6.65. The summed E-state index contributed by atoms with van der Waals surface area (Å²) in [4.78, 5) is 10.7. The minimum atomic E-state index is -0.715. The first-order valence-electron chi connectivity index (χ1n) is 4.05. The molecule has 0 aromatic heterocycles. The van der Waals surface area contributed by atoms with Crippen molar-refractivity contribution < 1.29 is 9.18 Å². The van der Waals surface area contributed by atoms with Crippen LogP contribution in [0, 0.1) is 17.1 Å². The molecule has 1 aromatic rings. The third-order valence-corrected chi connectivity index (χ3v) is 1.68. The summed E-state index contributed by atoms with van der Waals surface area (Å²) in [6.07, 6.45) is 0. The van der Waals surface area contributed by atoms with Gasteiger partial charge in [0, 0.05) is 6.92 Å². The number of nitrogens with zero attached hydrogens (tertiary/aromatic N) is 1. The van der Waals surface area contributed by atoms with E-state index >= 15 is 0 Å². The number of rotatable bonds is 2. The van der Waals surface area contributed by atoms with E-state index in [0.29, 0.717) is 5.56 Å². The van der Waals surface area contributed by atoms with Gasteiger partial charge in [0.25, 0.3) is 0 Å². The molecule has 0 unspecified atom stereocenters. The number of hydrogen-bond donors (Lipinski definition) is 1. The van der Waals surface area contributed by atoms with Crippen molar-refractivity contribution in [3.8, 4) is 6.07 Å². The van der Waals surface area contributed by atoms with E-state index in [4.69, 9.17) is 5.26 Å². The van der Waals surface area contributed by atoms with Crippen molar-refractivity contribution in [2.75, 3.05) is 0 Å². The van der Waals surface area contributed by atoms with Crippen LogP contribution in [0.5, 0.6) is 0 Å². The summed E-state index contributed by atoms with van der Waals surface area (Å²) in [5.41, 5.74) is 0.573. The Morgan fingerprint density at radius 1 is 1.50 bits per heavy atom. The van der Waals surface area contributed by atoms with Gasteiger partial charge in [-0.1, -0.05) is 12.1 Å². The molecule has 1 amide bonds. The molecule has 0 aliphatic heterocycles. The highest BCUT2D eigenvalue weighted by atomic mass is 19.1. The molecule has 0 aliphatic rings. The Kier molecular flexibility index (Phi) is 3.19. The first-order chi connectivity index (χ1) is 6.63. The van der Waals surface area contributed by atoms with Crippen LogP contribution in [-0.2, 0) is 4.79 Å². The van der Waals surface area contributed by atoms with Crippen molar-refractivity contribution in [3.63, 3.8) is 0 Å². The highest BCUT2D eigenvalue weighted by Crippen LogP contribution is 2.12. The molecular formula is C10H9FN2O. The van der Waals surface area contributed by atoms with E-state index in [1.165, 1.54) is 31.2 Å². The number of amides is 1. The van der Waals surface area contributed by atoms with Gasteiger partial charge >= 0.3 is 0 Å². The van der Waals surface area contributed by atoms with Crippen LogP contribution in [0.2, 0.25) is 0 Å². The lowest BCUT2D eigenvalue weighted by Gasteiger charge is -2.09. The van der Waals surface area contributed by atoms with Crippen LogP contribution in [0.25, 0.3) is 0 Å². The van der Waals surface area contributed by atoms with Gasteiger partial charge in [-0.05, 0) is 17.7 Å². The first kappa shape index (κ1) is 10.2. The maximum Gasteiger partial charge on any atom is 0.218 e. The van der Waals surface area contributed by atoms with Crippen LogP contribution in [0.15, 0.2) is 24.3 Å². The van der Waals surface area contributed by atoms with E-state index in [2.05, 4.69) is 5.32 Å². The molecule has 0 heterocycles. The zero-order valence-electron chi connectivity index (χ0n) is 7.62. The van der Waals surface area contributed by atoms with E-state index in [1.807, 2.05) is 6.07 Å². The first-order valence-corrected chi connectivity index (χ1v) is 4.05. The van der Waals surface area contributed by atoms with Gasteiger partial charge < -0.3 is 5.32 Å². The minimum absolute atomic E-state index is 0.291. The molecule has 4 heteroatoms. The second-order valence-electron chi connectivity index (χ2n) is 2.81. The number of nitriles is 1. The molecule has 0 radical (unpaired) electrons. The standard InChI is InChI=1S/C10H9FN2O/c1-7(14)13-10(6-12)8-2-4-9(11)5-3-8/h2-5,10H,1H3,(H,13,14)/t10-/m0/s1. The summed E-state index contributed by atoms with van der Waals surface area (Å²) >= 11 is 0. The highest BCUT2D eigenvalue weighted by Gasteiger charge is 2.10. The Bertz CT molecular complexity index is 367. The maximum atomic E-state index is 12.5. The molecule has 14 heavy (non-hydrogen) atoms. The smallest absolute Gasteiger partial charge is 0.218 e. The van der Waals surface area contributed by atoms with Crippen LogP contribution in [-0.4, -0.2) is 5.91 Å². The summed E-state index contributed by atoms with van der Waals surface area (Å²) in [5.74, 6) is -0.658. The molecule has 1 aromatic carbocycles. The molecule has 1 rings (SSSR count). The third-order valence-electron chi connectivity index (χ3n) is 1.68. The fourth-order valence-electron chi connectivity index (χ4n) is 1.05. The van der Waals surface area contributed by atoms with Crippen molar-refractivity contribution in [1.82, 2.24) is 5.32 Å². The number of nitrogens with one attached hydrogen (secondary N) is 1. The average molecular weight is 192 g/mol. The SMILES string of the molecule is CC(=O)N[C@@H](C#N)c1ccc(F)cc1.